The maximum atomic E-state index is 12.3. The van der Waals surface area contributed by atoms with Gasteiger partial charge in [-0.05, 0) is 61.4 Å². The van der Waals surface area contributed by atoms with Gasteiger partial charge in [0.05, 0.1) is 0 Å². The van der Waals surface area contributed by atoms with Gasteiger partial charge in [0, 0.05) is 17.0 Å². The maximum Gasteiger partial charge on any atom is 0.271 e. The number of hydrogen-bond donors (Lipinski definition) is 1. The van der Waals surface area contributed by atoms with Gasteiger partial charge in [-0.25, -0.2) is 10.4 Å². The van der Waals surface area contributed by atoms with Gasteiger partial charge in [0.1, 0.15) is 5.52 Å². The van der Waals surface area contributed by atoms with Gasteiger partial charge < -0.3 is 4.42 Å². The van der Waals surface area contributed by atoms with Gasteiger partial charge in [-0.2, -0.15) is 5.10 Å². The Balaban J connectivity index is 1.31. The molecule has 1 aliphatic carbocycles. The lowest BCUT2D eigenvalue weighted by Crippen LogP contribution is -2.21. The number of para-hydroxylation sites is 2. The molecule has 1 N–H and O–H groups in total. The monoisotopic (exact) mass is 393 g/mol. The number of nitrogens with one attached hydrogen (secondary N) is 1. The predicted molar refractivity (Wildman–Crippen MR) is 113 cm³/mol. The van der Waals surface area contributed by atoms with Crippen LogP contribution in [-0.2, 0) is 5.75 Å². The summed E-state index contributed by atoms with van der Waals surface area (Å²) in [7, 11) is 0. The van der Waals surface area contributed by atoms with Crippen LogP contribution >= 0.6 is 11.8 Å². The fourth-order valence-electron chi connectivity index (χ4n) is 3.21. The lowest BCUT2D eigenvalue weighted by Gasteiger charge is -2.18. The minimum atomic E-state index is -0.163. The molecule has 0 bridgehead atoms. The van der Waals surface area contributed by atoms with Gasteiger partial charge >= 0.3 is 0 Å². The average molecular weight is 394 g/mol. The highest BCUT2D eigenvalue weighted by Gasteiger charge is 2.14. The third-order valence-electron chi connectivity index (χ3n) is 5.02. The van der Waals surface area contributed by atoms with E-state index < -0.39 is 0 Å². The van der Waals surface area contributed by atoms with E-state index in [-0.39, 0.29) is 5.91 Å². The van der Waals surface area contributed by atoms with E-state index in [1.807, 2.05) is 48.5 Å². The topological polar surface area (TPSA) is 67.5 Å². The number of hydrazone groups is 1. The van der Waals surface area contributed by atoms with Crippen molar-refractivity contribution in [2.75, 3.05) is 0 Å². The number of rotatable bonds is 5. The first-order valence-electron chi connectivity index (χ1n) is 9.60. The van der Waals surface area contributed by atoms with Crippen LogP contribution in [0.2, 0.25) is 0 Å². The van der Waals surface area contributed by atoms with Crippen LogP contribution in [0.1, 0.15) is 48.5 Å². The summed E-state index contributed by atoms with van der Waals surface area (Å²) < 4.78 is 5.72. The number of hydrogen-bond acceptors (Lipinski definition) is 5. The third-order valence-corrected chi connectivity index (χ3v) is 5.92. The molecular weight excluding hydrogens is 370 g/mol. The Morgan fingerprint density at radius 1 is 1.18 bits per heavy atom. The molecule has 3 aromatic rings. The van der Waals surface area contributed by atoms with Crippen LogP contribution in [0, 0.1) is 5.92 Å². The van der Waals surface area contributed by atoms with Crippen molar-refractivity contribution in [2.24, 2.45) is 11.0 Å². The van der Waals surface area contributed by atoms with Crippen molar-refractivity contribution in [2.45, 2.75) is 43.6 Å². The number of carbonyl (C=O) groups excluding carboxylic acids is 1. The molecule has 144 valence electrons. The smallest absolute Gasteiger partial charge is 0.271 e. The molecule has 1 amide bonds. The van der Waals surface area contributed by atoms with Gasteiger partial charge in [-0.15, -0.1) is 0 Å². The van der Waals surface area contributed by atoms with E-state index in [2.05, 4.69) is 22.4 Å². The first kappa shape index (κ1) is 18.7. The average Bonchev–Trinajstić information content (AvgIpc) is 3.15. The maximum absolute atomic E-state index is 12.3. The SMILES string of the molecule is CC1CCC(=NNC(=O)c2ccc(CSc3nc4ccccc4o3)cc2)CC1. The molecule has 0 radical (unpaired) electrons. The van der Waals surface area contributed by atoms with Crippen molar-refractivity contribution in [3.8, 4) is 0 Å². The van der Waals surface area contributed by atoms with Crippen molar-refractivity contribution in [1.29, 1.82) is 0 Å². The van der Waals surface area contributed by atoms with Crippen molar-refractivity contribution < 1.29 is 9.21 Å². The zero-order valence-electron chi connectivity index (χ0n) is 15.9. The van der Waals surface area contributed by atoms with E-state index in [1.54, 1.807) is 11.8 Å². The number of fused-ring (bicyclic) bond motifs is 1. The second-order valence-electron chi connectivity index (χ2n) is 7.23. The van der Waals surface area contributed by atoms with Crippen molar-refractivity contribution in [3.05, 3.63) is 59.7 Å². The van der Waals surface area contributed by atoms with E-state index in [9.17, 15) is 4.79 Å². The largest absolute Gasteiger partial charge is 0.431 e. The number of benzene rings is 2. The zero-order valence-corrected chi connectivity index (χ0v) is 16.7. The second-order valence-corrected chi connectivity index (χ2v) is 8.16. The van der Waals surface area contributed by atoms with Gasteiger partial charge in [0.2, 0.25) is 0 Å². The molecule has 0 aliphatic heterocycles. The quantitative estimate of drug-likeness (QED) is 0.464. The first-order chi connectivity index (χ1) is 13.7. The van der Waals surface area contributed by atoms with E-state index in [4.69, 9.17) is 4.42 Å². The summed E-state index contributed by atoms with van der Waals surface area (Å²) >= 11 is 1.54. The number of aromatic nitrogens is 1. The summed E-state index contributed by atoms with van der Waals surface area (Å²) in [6, 6.07) is 15.3. The van der Waals surface area contributed by atoms with Gasteiger partial charge in [-0.1, -0.05) is 43.0 Å². The Morgan fingerprint density at radius 2 is 1.93 bits per heavy atom. The number of nitrogens with zero attached hydrogens (tertiary/aromatic N) is 2. The van der Waals surface area contributed by atoms with E-state index in [0.29, 0.717) is 10.8 Å². The van der Waals surface area contributed by atoms with Crippen molar-refractivity contribution >= 4 is 34.5 Å². The summed E-state index contributed by atoms with van der Waals surface area (Å²) in [4.78, 5) is 16.8. The first-order valence-corrected chi connectivity index (χ1v) is 10.6. The normalized spacial score (nSPS) is 16.9. The Labute approximate surface area is 168 Å². The molecule has 0 saturated heterocycles. The molecule has 5 nitrogen and oxygen atoms in total. The molecule has 1 saturated carbocycles. The van der Waals surface area contributed by atoms with Crippen LogP contribution in [0.5, 0.6) is 0 Å². The van der Waals surface area contributed by atoms with E-state index in [1.165, 1.54) is 0 Å². The molecule has 1 heterocycles. The standard InChI is InChI=1S/C22H23N3O2S/c1-15-6-12-18(13-7-15)24-25-21(26)17-10-8-16(9-11-17)14-28-22-23-19-4-2-3-5-20(19)27-22/h2-5,8-11,15H,6-7,12-14H2,1H3,(H,25,26). The van der Waals surface area contributed by atoms with Crippen LogP contribution in [0.25, 0.3) is 11.1 Å². The number of carbonyl (C=O) groups is 1. The molecule has 6 heteroatoms. The third kappa shape index (κ3) is 4.62. The molecule has 1 aliphatic rings. The molecule has 4 rings (SSSR count). The Morgan fingerprint density at radius 3 is 2.68 bits per heavy atom. The molecule has 0 atom stereocenters. The predicted octanol–water partition coefficient (Wildman–Crippen LogP) is 5.42. The molecular formula is C22H23N3O2S. The Hall–Kier alpha value is -2.60. The fraction of sp³-hybridized carbons (Fsp3) is 0.318. The van der Waals surface area contributed by atoms with Gasteiger partial charge in [-0.3, -0.25) is 4.79 Å². The highest BCUT2D eigenvalue weighted by molar-refractivity contribution is 7.98. The molecule has 2 aromatic carbocycles. The van der Waals surface area contributed by atoms with Crippen molar-refractivity contribution in [1.82, 2.24) is 10.4 Å². The summed E-state index contributed by atoms with van der Waals surface area (Å²) in [6.45, 7) is 2.26. The van der Waals surface area contributed by atoms with Crippen LogP contribution in [0.3, 0.4) is 0 Å². The summed E-state index contributed by atoms with van der Waals surface area (Å²) in [5.41, 5.74) is 7.18. The van der Waals surface area contributed by atoms with Crippen LogP contribution in [-0.4, -0.2) is 16.6 Å². The molecule has 0 unspecified atom stereocenters. The molecule has 0 spiro atoms. The highest BCUT2D eigenvalue weighted by atomic mass is 32.2. The van der Waals surface area contributed by atoms with Crippen LogP contribution < -0.4 is 5.43 Å². The van der Waals surface area contributed by atoms with E-state index >= 15 is 0 Å². The lowest BCUT2D eigenvalue weighted by atomic mass is 9.90. The second kappa shape index (κ2) is 8.61. The Bertz CT molecular complexity index is 951. The minimum Gasteiger partial charge on any atom is -0.431 e. The van der Waals surface area contributed by atoms with Gasteiger partial charge in [0.25, 0.3) is 11.1 Å². The van der Waals surface area contributed by atoms with Crippen LogP contribution in [0.4, 0.5) is 0 Å². The zero-order chi connectivity index (χ0) is 19.3. The van der Waals surface area contributed by atoms with Gasteiger partial charge in [0.15, 0.2) is 5.58 Å². The summed E-state index contributed by atoms with van der Waals surface area (Å²) in [5.74, 6) is 1.33. The molecule has 28 heavy (non-hydrogen) atoms. The number of oxazole rings is 1. The highest BCUT2D eigenvalue weighted by Crippen LogP contribution is 2.26. The molecule has 1 aromatic heterocycles. The summed E-state index contributed by atoms with van der Waals surface area (Å²) in [6.07, 6.45) is 4.27. The van der Waals surface area contributed by atoms with Crippen molar-refractivity contribution in [3.63, 3.8) is 0 Å². The molecule has 1 fully saturated rings. The number of amides is 1. The van der Waals surface area contributed by atoms with Crippen LogP contribution in [0.15, 0.2) is 63.3 Å². The Kier molecular flexibility index (Phi) is 5.76. The minimum absolute atomic E-state index is 0.163. The van der Waals surface area contributed by atoms with E-state index in [0.717, 1.165) is 59.7 Å². The summed E-state index contributed by atoms with van der Waals surface area (Å²) in [5, 5.41) is 4.96. The lowest BCUT2D eigenvalue weighted by molar-refractivity contribution is 0.0954. The number of thioether (sulfide) groups is 1. The fourth-order valence-corrected chi connectivity index (χ4v) is 4.01.